The van der Waals surface area contributed by atoms with Gasteiger partial charge in [0.2, 0.25) is 15.0 Å². The zero-order chi connectivity index (χ0) is 11.4. The molecule has 16 heavy (non-hydrogen) atoms. The zero-order valence-corrected chi connectivity index (χ0v) is 9.78. The predicted molar refractivity (Wildman–Crippen MR) is 59.7 cm³/mol. The molecule has 0 unspecified atom stereocenters. The van der Waals surface area contributed by atoms with Gasteiger partial charge in [-0.2, -0.15) is 0 Å². The summed E-state index contributed by atoms with van der Waals surface area (Å²) in [5, 5.41) is 3.17. The Morgan fingerprint density at radius 2 is 1.88 bits per heavy atom. The Kier molecular flexibility index (Phi) is 3.50. The van der Waals surface area contributed by atoms with Crippen molar-refractivity contribution in [1.82, 2.24) is 15.3 Å². The molecule has 0 bridgehead atoms. The Morgan fingerprint density at radius 1 is 1.25 bits per heavy atom. The summed E-state index contributed by atoms with van der Waals surface area (Å²) in [6.45, 7) is 1.80. The lowest BCUT2D eigenvalue weighted by molar-refractivity contribution is 0.400. The molecule has 0 aliphatic carbocycles. The molecule has 6 heteroatoms. The maximum Gasteiger partial charge on any atom is 0.247 e. The van der Waals surface area contributed by atoms with E-state index in [1.807, 2.05) is 0 Å². The molecule has 1 aliphatic heterocycles. The van der Waals surface area contributed by atoms with Crippen LogP contribution in [0.3, 0.4) is 0 Å². The molecule has 2 heterocycles. The standard InChI is InChI=1S/C10H15N3O2S/c14-16(15,10-12-4-1-5-13-10)8-9-2-6-11-7-3-9/h1,4-5,9,11H,2-3,6-8H2. The minimum atomic E-state index is -3.31. The van der Waals surface area contributed by atoms with Gasteiger partial charge in [0, 0.05) is 12.4 Å². The summed E-state index contributed by atoms with van der Waals surface area (Å²) < 4.78 is 23.9. The van der Waals surface area contributed by atoms with Gasteiger partial charge in [-0.25, -0.2) is 18.4 Å². The summed E-state index contributed by atoms with van der Waals surface area (Å²) in [6.07, 6.45) is 4.74. The second kappa shape index (κ2) is 4.88. The number of aromatic nitrogens is 2. The molecule has 0 aromatic carbocycles. The summed E-state index contributed by atoms with van der Waals surface area (Å²) in [7, 11) is -3.31. The number of hydrogen-bond donors (Lipinski definition) is 1. The summed E-state index contributed by atoms with van der Waals surface area (Å²) in [5.41, 5.74) is 0. The Labute approximate surface area is 95.2 Å². The zero-order valence-electron chi connectivity index (χ0n) is 8.96. The molecular weight excluding hydrogens is 226 g/mol. The van der Waals surface area contributed by atoms with Crippen LogP contribution < -0.4 is 5.32 Å². The molecule has 0 amide bonds. The smallest absolute Gasteiger partial charge is 0.247 e. The Balaban J connectivity index is 2.08. The van der Waals surface area contributed by atoms with E-state index in [0.29, 0.717) is 0 Å². The molecule has 1 N–H and O–H groups in total. The topological polar surface area (TPSA) is 72.0 Å². The highest BCUT2D eigenvalue weighted by atomic mass is 32.2. The van der Waals surface area contributed by atoms with Gasteiger partial charge in [0.15, 0.2) is 0 Å². The Morgan fingerprint density at radius 3 is 2.50 bits per heavy atom. The van der Waals surface area contributed by atoms with Crippen molar-refractivity contribution in [3.8, 4) is 0 Å². The maximum atomic E-state index is 12.0. The van der Waals surface area contributed by atoms with Crippen LogP contribution in [0.5, 0.6) is 0 Å². The second-order valence-corrected chi connectivity index (χ2v) is 5.93. The first-order valence-electron chi connectivity index (χ1n) is 5.39. The average Bonchev–Trinajstić information content (AvgIpc) is 2.31. The minimum Gasteiger partial charge on any atom is -0.317 e. The van der Waals surface area contributed by atoms with E-state index >= 15 is 0 Å². The fraction of sp³-hybridized carbons (Fsp3) is 0.600. The van der Waals surface area contributed by atoms with Crippen molar-refractivity contribution in [3.63, 3.8) is 0 Å². The first-order valence-corrected chi connectivity index (χ1v) is 7.04. The van der Waals surface area contributed by atoms with Crippen LogP contribution in [0, 0.1) is 5.92 Å². The lowest BCUT2D eigenvalue weighted by atomic mass is 10.0. The number of sulfone groups is 1. The van der Waals surface area contributed by atoms with Gasteiger partial charge in [-0.15, -0.1) is 0 Å². The van der Waals surface area contributed by atoms with E-state index in [4.69, 9.17) is 0 Å². The van der Waals surface area contributed by atoms with E-state index in [9.17, 15) is 8.42 Å². The van der Waals surface area contributed by atoms with Gasteiger partial charge in [0.25, 0.3) is 0 Å². The lowest BCUT2D eigenvalue weighted by Crippen LogP contribution is -2.31. The molecule has 0 radical (unpaired) electrons. The molecule has 1 saturated heterocycles. The highest BCUT2D eigenvalue weighted by Gasteiger charge is 2.24. The van der Waals surface area contributed by atoms with Gasteiger partial charge < -0.3 is 5.32 Å². The highest BCUT2D eigenvalue weighted by molar-refractivity contribution is 7.91. The molecule has 1 aliphatic rings. The Bertz CT molecular complexity index is 427. The highest BCUT2D eigenvalue weighted by Crippen LogP contribution is 2.17. The molecule has 1 aromatic heterocycles. The van der Waals surface area contributed by atoms with Gasteiger partial charge in [-0.05, 0) is 37.9 Å². The summed E-state index contributed by atoms with van der Waals surface area (Å²) in [4.78, 5) is 7.60. The summed E-state index contributed by atoms with van der Waals surface area (Å²) in [6, 6.07) is 1.61. The molecule has 88 valence electrons. The normalized spacial score (nSPS) is 18.5. The first-order chi connectivity index (χ1) is 7.68. The van der Waals surface area contributed by atoms with Crippen molar-refractivity contribution in [2.75, 3.05) is 18.8 Å². The number of nitrogens with zero attached hydrogens (tertiary/aromatic N) is 2. The second-order valence-electron chi connectivity index (χ2n) is 4.01. The molecule has 0 atom stereocenters. The first kappa shape index (κ1) is 11.5. The van der Waals surface area contributed by atoms with E-state index in [-0.39, 0.29) is 16.8 Å². The molecular formula is C10H15N3O2S. The number of nitrogens with one attached hydrogen (secondary N) is 1. The van der Waals surface area contributed by atoms with Crippen LogP contribution >= 0.6 is 0 Å². The molecule has 2 rings (SSSR count). The van der Waals surface area contributed by atoms with Crippen LogP contribution in [0.2, 0.25) is 0 Å². The van der Waals surface area contributed by atoms with Crippen LogP contribution in [-0.4, -0.2) is 37.2 Å². The number of piperidine rings is 1. The van der Waals surface area contributed by atoms with Crippen molar-refractivity contribution in [2.24, 2.45) is 5.92 Å². The van der Waals surface area contributed by atoms with Crippen molar-refractivity contribution in [3.05, 3.63) is 18.5 Å². The largest absolute Gasteiger partial charge is 0.317 e. The molecule has 1 aromatic rings. The van der Waals surface area contributed by atoms with Crippen LogP contribution in [0.4, 0.5) is 0 Å². The maximum absolute atomic E-state index is 12.0. The van der Waals surface area contributed by atoms with Gasteiger partial charge >= 0.3 is 0 Å². The van der Waals surface area contributed by atoms with Crippen LogP contribution in [0.25, 0.3) is 0 Å². The average molecular weight is 241 g/mol. The van der Waals surface area contributed by atoms with E-state index in [0.717, 1.165) is 25.9 Å². The van der Waals surface area contributed by atoms with Crippen LogP contribution in [0.15, 0.2) is 23.6 Å². The fourth-order valence-corrected chi connectivity index (χ4v) is 3.43. The van der Waals surface area contributed by atoms with E-state index in [1.165, 1.54) is 12.4 Å². The van der Waals surface area contributed by atoms with Gasteiger partial charge in [0.05, 0.1) is 5.75 Å². The molecule has 0 saturated carbocycles. The minimum absolute atomic E-state index is 0.0477. The molecule has 0 spiro atoms. The SMILES string of the molecule is O=S(=O)(CC1CCNCC1)c1ncccn1. The van der Waals surface area contributed by atoms with E-state index < -0.39 is 9.84 Å². The van der Waals surface area contributed by atoms with E-state index in [2.05, 4.69) is 15.3 Å². The van der Waals surface area contributed by atoms with Crippen LogP contribution in [-0.2, 0) is 9.84 Å². The van der Waals surface area contributed by atoms with Crippen LogP contribution in [0.1, 0.15) is 12.8 Å². The summed E-state index contributed by atoms with van der Waals surface area (Å²) >= 11 is 0. The van der Waals surface area contributed by atoms with E-state index in [1.54, 1.807) is 6.07 Å². The van der Waals surface area contributed by atoms with Crippen molar-refractivity contribution >= 4 is 9.84 Å². The van der Waals surface area contributed by atoms with Gasteiger partial charge in [0.1, 0.15) is 0 Å². The van der Waals surface area contributed by atoms with Gasteiger partial charge in [-0.1, -0.05) is 0 Å². The molecule has 1 fully saturated rings. The monoisotopic (exact) mass is 241 g/mol. The van der Waals surface area contributed by atoms with Gasteiger partial charge in [-0.3, -0.25) is 0 Å². The summed E-state index contributed by atoms with van der Waals surface area (Å²) in [5.74, 6) is 0.397. The molecule has 5 nitrogen and oxygen atoms in total. The third-order valence-corrected chi connectivity index (χ3v) is 4.41. The third kappa shape index (κ3) is 2.76. The third-order valence-electron chi connectivity index (χ3n) is 2.73. The van der Waals surface area contributed by atoms with Crippen molar-refractivity contribution in [1.29, 1.82) is 0 Å². The quantitative estimate of drug-likeness (QED) is 0.768. The lowest BCUT2D eigenvalue weighted by Gasteiger charge is -2.21. The Hall–Kier alpha value is -1.01. The van der Waals surface area contributed by atoms with Crippen molar-refractivity contribution in [2.45, 2.75) is 18.0 Å². The van der Waals surface area contributed by atoms with Crippen molar-refractivity contribution < 1.29 is 8.42 Å². The number of hydrogen-bond acceptors (Lipinski definition) is 5. The fourth-order valence-electron chi connectivity index (χ4n) is 1.88. The number of rotatable bonds is 3. The predicted octanol–water partition coefficient (Wildman–Crippen LogP) is 0.250.